The zero-order valence-electron chi connectivity index (χ0n) is 9.42. The summed E-state index contributed by atoms with van der Waals surface area (Å²) in [5, 5.41) is 10.3. The lowest BCUT2D eigenvalue weighted by Crippen LogP contribution is -2.44. The predicted octanol–water partition coefficient (Wildman–Crippen LogP) is 1.67. The van der Waals surface area contributed by atoms with Gasteiger partial charge in [-0.05, 0) is 6.92 Å². The number of aryl methyl sites for hydroxylation is 1. The van der Waals surface area contributed by atoms with Crippen LogP contribution in [0.1, 0.15) is 20.4 Å². The number of nitrogens with zero attached hydrogens (tertiary/aromatic N) is 1. The van der Waals surface area contributed by atoms with E-state index in [1.807, 2.05) is 0 Å². The normalized spacial score (nSPS) is 11.7. The summed E-state index contributed by atoms with van der Waals surface area (Å²) in [4.78, 5) is 25.1. The molecular weight excluding hydrogens is 292 g/mol. The van der Waals surface area contributed by atoms with Crippen LogP contribution in [0.15, 0.2) is 0 Å². The molecule has 0 unspecified atom stereocenters. The molecule has 2 N–H and O–H groups in total. The number of nitrogens with one attached hydrogen (secondary N) is 1. The molecule has 0 saturated carbocycles. The molecular formula is C9H8F4N2O3S. The Labute approximate surface area is 108 Å². The minimum atomic E-state index is -4.79. The summed E-state index contributed by atoms with van der Waals surface area (Å²) in [5.74, 6) is -8.17. The highest BCUT2D eigenvalue weighted by atomic mass is 32.1. The summed E-state index contributed by atoms with van der Waals surface area (Å²) < 4.78 is 48.9. The molecule has 19 heavy (non-hydrogen) atoms. The van der Waals surface area contributed by atoms with Crippen molar-refractivity contribution in [1.29, 1.82) is 0 Å². The number of carboxylic acids is 1. The molecule has 0 aromatic carbocycles. The molecule has 0 aliphatic heterocycles. The van der Waals surface area contributed by atoms with E-state index in [9.17, 15) is 27.2 Å². The molecule has 0 saturated heterocycles. The zero-order chi connectivity index (χ0) is 14.8. The van der Waals surface area contributed by atoms with E-state index in [0.29, 0.717) is 11.3 Å². The number of alkyl halides is 4. The summed E-state index contributed by atoms with van der Waals surface area (Å²) in [6.07, 6.45) is -4.11. The Bertz CT molecular complexity index is 504. The molecule has 106 valence electrons. The zero-order valence-corrected chi connectivity index (χ0v) is 10.2. The third kappa shape index (κ3) is 3.40. The van der Waals surface area contributed by atoms with Crippen molar-refractivity contribution in [2.75, 3.05) is 0 Å². The molecule has 0 aliphatic carbocycles. The van der Waals surface area contributed by atoms with E-state index in [1.165, 1.54) is 6.92 Å². The second-order valence-corrected chi connectivity index (χ2v) is 4.52. The van der Waals surface area contributed by atoms with E-state index in [4.69, 9.17) is 5.11 Å². The van der Waals surface area contributed by atoms with Gasteiger partial charge in [-0.1, -0.05) is 0 Å². The van der Waals surface area contributed by atoms with Crippen molar-refractivity contribution in [3.8, 4) is 0 Å². The summed E-state index contributed by atoms with van der Waals surface area (Å²) in [5.41, 5.74) is 0.155. The topological polar surface area (TPSA) is 79.3 Å². The van der Waals surface area contributed by atoms with E-state index in [1.54, 1.807) is 5.32 Å². The molecule has 1 rings (SSSR count). The van der Waals surface area contributed by atoms with Gasteiger partial charge in [0.15, 0.2) is 0 Å². The van der Waals surface area contributed by atoms with Gasteiger partial charge in [-0.15, -0.1) is 11.3 Å². The monoisotopic (exact) mass is 300 g/mol. The van der Waals surface area contributed by atoms with Gasteiger partial charge in [0.2, 0.25) is 0 Å². The van der Waals surface area contributed by atoms with Crippen molar-refractivity contribution in [2.24, 2.45) is 0 Å². The first-order valence-electron chi connectivity index (χ1n) is 4.80. The van der Waals surface area contributed by atoms with Crippen molar-refractivity contribution in [2.45, 2.75) is 25.8 Å². The van der Waals surface area contributed by atoms with Gasteiger partial charge >= 0.3 is 18.3 Å². The lowest BCUT2D eigenvalue weighted by molar-refractivity contribution is -0.169. The quantitative estimate of drug-likeness (QED) is 0.811. The molecule has 10 heteroatoms. The first-order chi connectivity index (χ1) is 8.66. The van der Waals surface area contributed by atoms with Gasteiger partial charge in [0.05, 0.1) is 12.2 Å². The van der Waals surface area contributed by atoms with E-state index in [2.05, 4.69) is 4.98 Å². The van der Waals surface area contributed by atoms with Crippen LogP contribution in [0.3, 0.4) is 0 Å². The van der Waals surface area contributed by atoms with Crippen LogP contribution < -0.4 is 5.32 Å². The van der Waals surface area contributed by atoms with Gasteiger partial charge in [0.1, 0.15) is 9.88 Å². The molecule has 0 atom stereocenters. The predicted molar refractivity (Wildman–Crippen MR) is 56.6 cm³/mol. The van der Waals surface area contributed by atoms with Crippen molar-refractivity contribution in [3.63, 3.8) is 0 Å². The Morgan fingerprint density at radius 1 is 1.47 bits per heavy atom. The number of hydrogen-bond donors (Lipinski definition) is 2. The van der Waals surface area contributed by atoms with Gasteiger partial charge in [-0.3, -0.25) is 4.79 Å². The molecule has 0 spiro atoms. The standard InChI is InChI=1S/C9H8F4N2O3S/c1-3-5(6(16)17)19-4(15-3)2-14-8(18)9(12,13)7(10)11/h7H,2H2,1H3,(H,14,18)(H,16,17). The minimum Gasteiger partial charge on any atom is -0.477 e. The number of thiazole rings is 1. The Morgan fingerprint density at radius 2 is 2.05 bits per heavy atom. The first kappa shape index (κ1) is 15.3. The number of amides is 1. The highest BCUT2D eigenvalue weighted by molar-refractivity contribution is 7.13. The van der Waals surface area contributed by atoms with E-state index < -0.39 is 30.8 Å². The fourth-order valence-corrected chi connectivity index (χ4v) is 1.94. The summed E-state index contributed by atoms with van der Waals surface area (Å²) in [7, 11) is 0. The molecule has 5 nitrogen and oxygen atoms in total. The number of aromatic nitrogens is 1. The van der Waals surface area contributed by atoms with Crippen LogP contribution in [-0.4, -0.2) is 34.3 Å². The Morgan fingerprint density at radius 3 is 2.47 bits per heavy atom. The number of aromatic carboxylic acids is 1. The van der Waals surface area contributed by atoms with E-state index >= 15 is 0 Å². The number of halogens is 4. The third-order valence-corrected chi connectivity index (χ3v) is 3.16. The van der Waals surface area contributed by atoms with Crippen molar-refractivity contribution >= 4 is 23.2 Å². The summed E-state index contributed by atoms with van der Waals surface area (Å²) in [6.45, 7) is 0.846. The van der Waals surface area contributed by atoms with Gasteiger partial charge in [0.25, 0.3) is 5.91 Å². The Hall–Kier alpha value is -1.71. The van der Waals surface area contributed by atoms with Gasteiger partial charge < -0.3 is 10.4 Å². The van der Waals surface area contributed by atoms with E-state index in [0.717, 1.165) is 0 Å². The Kier molecular flexibility index (Phi) is 4.45. The average Bonchev–Trinajstić information content (AvgIpc) is 2.67. The number of carbonyl (C=O) groups is 2. The van der Waals surface area contributed by atoms with Gasteiger partial charge in [-0.2, -0.15) is 8.78 Å². The third-order valence-electron chi connectivity index (χ3n) is 2.01. The van der Waals surface area contributed by atoms with Crippen LogP contribution in [0.5, 0.6) is 0 Å². The largest absolute Gasteiger partial charge is 0.477 e. The van der Waals surface area contributed by atoms with Gasteiger partial charge in [0, 0.05) is 0 Å². The van der Waals surface area contributed by atoms with Crippen molar-refractivity contribution < 1.29 is 32.3 Å². The van der Waals surface area contributed by atoms with Crippen molar-refractivity contribution in [1.82, 2.24) is 10.3 Å². The van der Waals surface area contributed by atoms with E-state index in [-0.39, 0.29) is 15.6 Å². The lowest BCUT2D eigenvalue weighted by atomic mass is 10.3. The summed E-state index contributed by atoms with van der Waals surface area (Å²) >= 11 is 0.671. The van der Waals surface area contributed by atoms with Crippen LogP contribution in [-0.2, 0) is 11.3 Å². The molecule has 0 bridgehead atoms. The number of carboxylic acid groups (broad SMARTS) is 1. The smallest absolute Gasteiger partial charge is 0.383 e. The highest BCUT2D eigenvalue weighted by Gasteiger charge is 2.48. The maximum Gasteiger partial charge on any atom is 0.383 e. The average molecular weight is 300 g/mol. The number of hydrogen-bond acceptors (Lipinski definition) is 4. The molecule has 1 aromatic rings. The number of carbonyl (C=O) groups excluding carboxylic acids is 1. The fourth-order valence-electron chi connectivity index (χ4n) is 1.10. The van der Waals surface area contributed by atoms with Crippen LogP contribution in [0.25, 0.3) is 0 Å². The SMILES string of the molecule is Cc1nc(CNC(=O)C(F)(F)C(F)F)sc1C(=O)O. The van der Waals surface area contributed by atoms with Crippen LogP contribution >= 0.6 is 11.3 Å². The second-order valence-electron chi connectivity index (χ2n) is 3.43. The minimum absolute atomic E-state index is 0.0355. The Balaban J connectivity index is 2.70. The second kappa shape index (κ2) is 5.51. The fraction of sp³-hybridized carbons (Fsp3) is 0.444. The van der Waals surface area contributed by atoms with Crippen LogP contribution in [0.4, 0.5) is 17.6 Å². The molecule has 0 fully saturated rings. The molecule has 1 aromatic heterocycles. The summed E-state index contributed by atoms with van der Waals surface area (Å²) in [6, 6.07) is 0. The molecule has 1 amide bonds. The van der Waals surface area contributed by atoms with Crippen LogP contribution in [0.2, 0.25) is 0 Å². The molecule has 0 radical (unpaired) electrons. The highest BCUT2D eigenvalue weighted by Crippen LogP contribution is 2.23. The van der Waals surface area contributed by atoms with Gasteiger partial charge in [-0.25, -0.2) is 18.6 Å². The molecule has 1 heterocycles. The molecule has 0 aliphatic rings. The maximum atomic E-state index is 12.6. The number of rotatable bonds is 5. The lowest BCUT2D eigenvalue weighted by Gasteiger charge is -2.13. The van der Waals surface area contributed by atoms with Crippen LogP contribution in [0, 0.1) is 6.92 Å². The maximum absolute atomic E-state index is 12.6. The van der Waals surface area contributed by atoms with Crippen molar-refractivity contribution in [3.05, 3.63) is 15.6 Å². The first-order valence-corrected chi connectivity index (χ1v) is 5.61.